The molecule has 18 heteroatoms. The Labute approximate surface area is 305 Å². The van der Waals surface area contributed by atoms with Gasteiger partial charge in [-0.1, -0.05) is 15.9 Å². The van der Waals surface area contributed by atoms with E-state index in [1.54, 1.807) is 6.92 Å². The first-order valence-corrected chi connectivity index (χ1v) is 16.8. The SMILES string of the molecule is COC1C(C)OC(NC2=C(Br)C(=O)c3c(cc4c(c3O)C(=O)C3(OC)C(O)Cc5c(Br)c(C)c(C(=O)O)c(O)c5C3(O)C4=O)C2=O)C(OC)C1O. The van der Waals surface area contributed by atoms with Gasteiger partial charge in [-0.3, -0.25) is 19.2 Å². The van der Waals surface area contributed by atoms with Crippen molar-refractivity contribution in [3.05, 3.63) is 65.2 Å². The van der Waals surface area contributed by atoms with E-state index in [9.17, 15) is 54.6 Å². The van der Waals surface area contributed by atoms with Crippen LogP contribution in [0.1, 0.15) is 75.4 Å². The quantitative estimate of drug-likeness (QED) is 0.215. The molecule has 1 fully saturated rings. The standard InChI is InChI=1S/C33H31Br2NO15/c1-8-14(31(45)46)23(40)17-12(18(8)34)7-13(37)33(50-5)29(44)16-11(28(43)32(17,33)47)6-10-15(22(16)39)24(41)19(35)20(21(10)38)36-30-27(49-4)25(42)26(48-3)9(2)51-30/h6,9,13,25-27,30,36-37,39-40,42,47H,7H2,1-5H3,(H,45,46). The van der Waals surface area contributed by atoms with Gasteiger partial charge >= 0.3 is 5.97 Å². The highest BCUT2D eigenvalue weighted by Crippen LogP contribution is 2.58. The summed E-state index contributed by atoms with van der Waals surface area (Å²) in [5.41, 5.74) is -11.3. The lowest BCUT2D eigenvalue weighted by atomic mass is 9.56. The number of benzene rings is 2. The number of allylic oxidation sites excluding steroid dienone is 2. The summed E-state index contributed by atoms with van der Waals surface area (Å²) in [6, 6.07) is 0.802. The number of halogens is 2. The van der Waals surface area contributed by atoms with Crippen molar-refractivity contribution in [2.75, 3.05) is 21.3 Å². The van der Waals surface area contributed by atoms with Gasteiger partial charge in [0, 0.05) is 48.9 Å². The predicted octanol–water partition coefficient (Wildman–Crippen LogP) is 1.15. The Bertz CT molecular complexity index is 2010. The summed E-state index contributed by atoms with van der Waals surface area (Å²) >= 11 is 6.31. The van der Waals surface area contributed by atoms with Crippen molar-refractivity contribution >= 4 is 61.0 Å². The molecule has 2 aromatic carbocycles. The fourth-order valence-electron chi connectivity index (χ4n) is 7.81. The normalized spacial score (nSPS) is 31.6. The highest BCUT2D eigenvalue weighted by molar-refractivity contribution is 9.12. The molecule has 0 bridgehead atoms. The summed E-state index contributed by atoms with van der Waals surface area (Å²) in [6.07, 6.45) is -7.74. The number of hydrogen-bond acceptors (Lipinski definition) is 15. The van der Waals surface area contributed by atoms with Crippen molar-refractivity contribution in [2.45, 2.75) is 68.2 Å². The number of nitrogens with one attached hydrogen (secondary N) is 1. The van der Waals surface area contributed by atoms with Crippen molar-refractivity contribution in [1.29, 1.82) is 0 Å². The van der Waals surface area contributed by atoms with Gasteiger partial charge in [0.25, 0.3) is 0 Å². The maximum Gasteiger partial charge on any atom is 0.339 e. The van der Waals surface area contributed by atoms with Crippen LogP contribution in [-0.2, 0) is 31.0 Å². The number of carboxylic acids is 1. The van der Waals surface area contributed by atoms with Gasteiger partial charge in [0.1, 0.15) is 41.1 Å². The Morgan fingerprint density at radius 2 is 1.59 bits per heavy atom. The average Bonchev–Trinajstić information content (AvgIpc) is 3.06. The third kappa shape index (κ3) is 4.64. The number of phenols is 2. The lowest BCUT2D eigenvalue weighted by molar-refractivity contribution is -0.236. The predicted molar refractivity (Wildman–Crippen MR) is 177 cm³/mol. The number of aromatic carboxylic acids is 1. The first-order chi connectivity index (χ1) is 23.9. The average molecular weight is 841 g/mol. The second kappa shape index (κ2) is 12.5. The van der Waals surface area contributed by atoms with Gasteiger partial charge in [0.15, 0.2) is 17.4 Å². The van der Waals surface area contributed by atoms with E-state index in [0.717, 1.165) is 13.2 Å². The van der Waals surface area contributed by atoms with E-state index in [1.807, 2.05) is 0 Å². The maximum absolute atomic E-state index is 14.6. The first kappa shape index (κ1) is 37.2. The Morgan fingerprint density at radius 1 is 0.961 bits per heavy atom. The van der Waals surface area contributed by atoms with Crippen LogP contribution in [0.3, 0.4) is 0 Å². The van der Waals surface area contributed by atoms with Crippen LogP contribution in [0.4, 0.5) is 0 Å². The molecular weight excluding hydrogens is 810 g/mol. The van der Waals surface area contributed by atoms with Gasteiger partial charge in [-0.15, -0.1) is 0 Å². The van der Waals surface area contributed by atoms with Gasteiger partial charge < -0.3 is 54.9 Å². The van der Waals surface area contributed by atoms with Gasteiger partial charge in [0.2, 0.25) is 23.1 Å². The van der Waals surface area contributed by atoms with Crippen LogP contribution in [0.5, 0.6) is 11.5 Å². The van der Waals surface area contributed by atoms with Crippen molar-refractivity contribution < 1.29 is 73.6 Å². The topological polar surface area (TPSA) is 256 Å². The number of ether oxygens (including phenoxy) is 4. The number of carboxylic acid groups (broad SMARTS) is 1. The summed E-state index contributed by atoms with van der Waals surface area (Å²) in [7, 11) is 3.51. The number of aliphatic hydroxyl groups excluding tert-OH is 2. The number of rotatable bonds is 6. The number of aliphatic hydroxyl groups is 3. The van der Waals surface area contributed by atoms with E-state index in [2.05, 4.69) is 37.2 Å². The lowest BCUT2D eigenvalue weighted by Gasteiger charge is -2.53. The zero-order chi connectivity index (χ0) is 37.8. The molecule has 2 aromatic rings. The highest BCUT2D eigenvalue weighted by atomic mass is 79.9. The molecule has 0 aromatic heterocycles. The van der Waals surface area contributed by atoms with Crippen molar-refractivity contribution in [2.24, 2.45) is 0 Å². The van der Waals surface area contributed by atoms with Crippen LogP contribution in [0.15, 0.2) is 20.7 Å². The molecule has 51 heavy (non-hydrogen) atoms. The van der Waals surface area contributed by atoms with Crippen LogP contribution in [-0.4, -0.2) is 123 Å². The molecule has 0 spiro atoms. The Balaban J connectivity index is 1.55. The molecule has 0 amide bonds. The molecule has 6 rings (SSSR count). The molecular formula is C33H31Br2NO15. The molecule has 4 aliphatic rings. The van der Waals surface area contributed by atoms with Crippen LogP contribution in [0.25, 0.3) is 0 Å². The largest absolute Gasteiger partial charge is 0.507 e. The maximum atomic E-state index is 14.6. The summed E-state index contributed by atoms with van der Waals surface area (Å²) < 4.78 is 21.6. The van der Waals surface area contributed by atoms with E-state index in [1.165, 1.54) is 21.1 Å². The van der Waals surface area contributed by atoms with E-state index in [0.29, 0.717) is 0 Å². The molecule has 8 unspecified atom stereocenters. The number of Topliss-reactive ketones (excluding diaryl/α,β-unsaturated/α-hetero) is 4. The Morgan fingerprint density at radius 3 is 2.16 bits per heavy atom. The molecule has 1 saturated heterocycles. The third-order valence-corrected chi connectivity index (χ3v) is 12.1. The van der Waals surface area contributed by atoms with Crippen LogP contribution in [0.2, 0.25) is 0 Å². The minimum atomic E-state index is -3.34. The number of methoxy groups -OCH3 is 3. The minimum Gasteiger partial charge on any atom is -0.507 e. The van der Waals surface area contributed by atoms with Crippen LogP contribution < -0.4 is 5.32 Å². The Hall–Kier alpha value is -3.59. The van der Waals surface area contributed by atoms with Crippen molar-refractivity contribution in [3.8, 4) is 11.5 Å². The smallest absolute Gasteiger partial charge is 0.339 e. The molecule has 8 atom stereocenters. The molecule has 1 heterocycles. The second-order valence-electron chi connectivity index (χ2n) is 12.6. The van der Waals surface area contributed by atoms with Crippen LogP contribution in [0, 0.1) is 6.92 Å². The van der Waals surface area contributed by atoms with Gasteiger partial charge in [-0.05, 0) is 47.0 Å². The fraction of sp³-hybridized carbons (Fsp3) is 0.424. The first-order valence-electron chi connectivity index (χ1n) is 15.3. The molecule has 0 radical (unpaired) electrons. The van der Waals surface area contributed by atoms with E-state index < -0.39 is 139 Å². The van der Waals surface area contributed by atoms with Crippen LogP contribution >= 0.6 is 31.9 Å². The number of carbonyl (C=O) groups is 5. The monoisotopic (exact) mass is 839 g/mol. The Kier molecular flexibility index (Phi) is 9.13. The van der Waals surface area contributed by atoms with E-state index in [-0.39, 0.29) is 15.6 Å². The molecule has 272 valence electrons. The highest BCUT2D eigenvalue weighted by Gasteiger charge is 2.73. The molecule has 7 N–H and O–H groups in total. The van der Waals surface area contributed by atoms with E-state index in [4.69, 9.17) is 18.9 Å². The number of fused-ring (bicyclic) bond motifs is 5. The molecule has 16 nitrogen and oxygen atoms in total. The molecule has 1 aliphatic heterocycles. The van der Waals surface area contributed by atoms with Gasteiger partial charge in [0.05, 0.1) is 27.8 Å². The molecule has 0 saturated carbocycles. The molecule has 3 aliphatic carbocycles. The number of aromatic hydroxyl groups is 2. The van der Waals surface area contributed by atoms with Gasteiger partial charge in [-0.25, -0.2) is 4.79 Å². The summed E-state index contributed by atoms with van der Waals surface area (Å²) in [5, 5.41) is 70.4. The number of phenolic OH excluding ortho intramolecular Hbond substituents is 1. The summed E-state index contributed by atoms with van der Waals surface area (Å²) in [6.45, 7) is 2.93. The lowest BCUT2D eigenvalue weighted by Crippen LogP contribution is -2.73. The zero-order valence-corrected chi connectivity index (χ0v) is 30.5. The van der Waals surface area contributed by atoms with Crippen molar-refractivity contribution in [1.82, 2.24) is 5.32 Å². The van der Waals surface area contributed by atoms with Crippen molar-refractivity contribution in [3.63, 3.8) is 0 Å². The van der Waals surface area contributed by atoms with Gasteiger partial charge in [-0.2, -0.15) is 0 Å². The second-order valence-corrected chi connectivity index (χ2v) is 14.2. The zero-order valence-electron chi connectivity index (χ0n) is 27.4. The number of hydrogen-bond donors (Lipinski definition) is 7. The number of ketones is 4. The minimum absolute atomic E-state index is 0.00578. The number of carbonyl (C=O) groups excluding carboxylic acids is 4. The third-order valence-electron chi connectivity index (χ3n) is 10.2. The van der Waals surface area contributed by atoms with E-state index >= 15 is 0 Å². The summed E-state index contributed by atoms with van der Waals surface area (Å²) in [5.74, 6) is -8.76. The summed E-state index contributed by atoms with van der Waals surface area (Å²) in [4.78, 5) is 69.3. The fourth-order valence-corrected chi connectivity index (χ4v) is 8.86.